The molecule has 0 saturated heterocycles. The van der Waals surface area contributed by atoms with Crippen LogP contribution in [0.1, 0.15) is 56.7 Å². The third-order valence-corrected chi connectivity index (χ3v) is 6.14. The molecule has 0 unspecified atom stereocenters. The van der Waals surface area contributed by atoms with Crippen molar-refractivity contribution < 1.29 is 14.3 Å². The number of anilines is 2. The van der Waals surface area contributed by atoms with Crippen LogP contribution in [-0.2, 0) is 15.0 Å². The molecule has 0 saturated carbocycles. The number of nitrogens with zero attached hydrogens (tertiary/aromatic N) is 1. The van der Waals surface area contributed by atoms with E-state index in [-0.39, 0.29) is 23.8 Å². The van der Waals surface area contributed by atoms with Crippen molar-refractivity contribution in [1.82, 2.24) is 0 Å². The van der Waals surface area contributed by atoms with Crippen LogP contribution >= 0.6 is 0 Å². The Morgan fingerprint density at radius 1 is 1.13 bits per heavy atom. The SMILES string of the molecule is CCC(C)(C)c1ccc2c(c1)N(CCCC(=O)Nc1ccc(C)c(C)c1)C(=O)CO2. The summed E-state index contributed by atoms with van der Waals surface area (Å²) < 4.78 is 5.62. The number of carbonyl (C=O) groups excluding carboxylic acids is 2. The summed E-state index contributed by atoms with van der Waals surface area (Å²) in [5, 5.41) is 2.95. The predicted molar refractivity (Wildman–Crippen MR) is 121 cm³/mol. The summed E-state index contributed by atoms with van der Waals surface area (Å²) in [5.74, 6) is 0.619. The maximum atomic E-state index is 12.5. The van der Waals surface area contributed by atoms with Crippen LogP contribution in [0.4, 0.5) is 11.4 Å². The van der Waals surface area contributed by atoms with Gasteiger partial charge >= 0.3 is 0 Å². The molecule has 0 fully saturated rings. The van der Waals surface area contributed by atoms with Gasteiger partial charge in [0.05, 0.1) is 5.69 Å². The number of benzene rings is 2. The summed E-state index contributed by atoms with van der Waals surface area (Å²) >= 11 is 0. The fourth-order valence-corrected chi connectivity index (χ4v) is 3.51. The molecule has 1 N–H and O–H groups in total. The lowest BCUT2D eigenvalue weighted by Gasteiger charge is -2.32. The number of fused-ring (bicyclic) bond motifs is 1. The molecule has 0 radical (unpaired) electrons. The minimum absolute atomic E-state index is 0.0211. The molecule has 30 heavy (non-hydrogen) atoms. The van der Waals surface area contributed by atoms with E-state index in [2.05, 4.69) is 38.2 Å². The summed E-state index contributed by atoms with van der Waals surface area (Å²) in [6.45, 7) is 11.2. The summed E-state index contributed by atoms with van der Waals surface area (Å²) in [7, 11) is 0. The Labute approximate surface area is 179 Å². The van der Waals surface area contributed by atoms with Gasteiger partial charge in [0.15, 0.2) is 6.61 Å². The molecule has 160 valence electrons. The Balaban J connectivity index is 1.65. The van der Waals surface area contributed by atoms with Gasteiger partial charge in [-0.1, -0.05) is 32.9 Å². The lowest BCUT2D eigenvalue weighted by atomic mass is 9.82. The highest BCUT2D eigenvalue weighted by molar-refractivity contribution is 5.98. The number of carbonyl (C=O) groups is 2. The fraction of sp³-hybridized carbons (Fsp3) is 0.440. The number of rotatable bonds is 7. The first-order chi connectivity index (χ1) is 14.2. The second kappa shape index (κ2) is 8.90. The van der Waals surface area contributed by atoms with Crippen LogP contribution < -0.4 is 15.0 Å². The van der Waals surface area contributed by atoms with E-state index in [9.17, 15) is 9.59 Å². The zero-order valence-corrected chi connectivity index (χ0v) is 18.7. The molecule has 5 heteroatoms. The molecule has 1 aliphatic heterocycles. The van der Waals surface area contributed by atoms with Crippen molar-refractivity contribution in [3.8, 4) is 5.75 Å². The first kappa shape index (κ1) is 21.9. The van der Waals surface area contributed by atoms with E-state index in [1.54, 1.807) is 4.90 Å². The van der Waals surface area contributed by atoms with Gasteiger partial charge in [-0.25, -0.2) is 0 Å². The summed E-state index contributed by atoms with van der Waals surface area (Å²) in [5.41, 5.74) is 5.16. The van der Waals surface area contributed by atoms with Crippen molar-refractivity contribution in [2.75, 3.05) is 23.4 Å². The molecule has 1 aliphatic rings. The topological polar surface area (TPSA) is 58.6 Å². The quantitative estimate of drug-likeness (QED) is 0.690. The van der Waals surface area contributed by atoms with Gasteiger partial charge in [0.25, 0.3) is 5.91 Å². The van der Waals surface area contributed by atoms with Gasteiger partial charge < -0.3 is 15.0 Å². The van der Waals surface area contributed by atoms with Gasteiger partial charge in [0.1, 0.15) is 5.75 Å². The number of hydrogen-bond acceptors (Lipinski definition) is 3. The normalized spacial score (nSPS) is 13.6. The summed E-state index contributed by atoms with van der Waals surface area (Å²) in [6.07, 6.45) is 1.94. The first-order valence-corrected chi connectivity index (χ1v) is 10.7. The average molecular weight is 409 g/mol. The van der Waals surface area contributed by atoms with E-state index in [0.717, 1.165) is 29.1 Å². The second-order valence-corrected chi connectivity index (χ2v) is 8.70. The molecule has 0 bridgehead atoms. The minimum atomic E-state index is -0.0662. The Morgan fingerprint density at radius 3 is 2.60 bits per heavy atom. The highest BCUT2D eigenvalue weighted by Crippen LogP contribution is 2.37. The van der Waals surface area contributed by atoms with Crippen LogP contribution in [0.5, 0.6) is 5.75 Å². The van der Waals surface area contributed by atoms with Crippen molar-refractivity contribution in [2.24, 2.45) is 0 Å². The lowest BCUT2D eigenvalue weighted by Crippen LogP contribution is -2.40. The Kier molecular flexibility index (Phi) is 6.49. The van der Waals surface area contributed by atoms with E-state index in [0.29, 0.717) is 19.4 Å². The van der Waals surface area contributed by atoms with Crippen LogP contribution in [0.2, 0.25) is 0 Å². The zero-order valence-electron chi connectivity index (χ0n) is 18.7. The van der Waals surface area contributed by atoms with E-state index in [1.165, 1.54) is 11.1 Å². The van der Waals surface area contributed by atoms with Crippen LogP contribution in [0.25, 0.3) is 0 Å². The molecule has 2 aromatic carbocycles. The average Bonchev–Trinajstić information content (AvgIpc) is 2.72. The highest BCUT2D eigenvalue weighted by Gasteiger charge is 2.28. The maximum Gasteiger partial charge on any atom is 0.265 e. The number of ether oxygens (including phenoxy) is 1. The molecular weight excluding hydrogens is 376 g/mol. The molecule has 2 amide bonds. The second-order valence-electron chi connectivity index (χ2n) is 8.70. The van der Waals surface area contributed by atoms with Gasteiger partial charge in [-0.05, 0) is 73.1 Å². The number of nitrogens with one attached hydrogen (secondary N) is 1. The van der Waals surface area contributed by atoms with Crippen molar-refractivity contribution in [2.45, 2.75) is 59.3 Å². The third-order valence-electron chi connectivity index (χ3n) is 6.14. The molecule has 0 aliphatic carbocycles. The smallest absolute Gasteiger partial charge is 0.265 e. The zero-order chi connectivity index (χ0) is 21.9. The van der Waals surface area contributed by atoms with E-state index >= 15 is 0 Å². The monoisotopic (exact) mass is 408 g/mol. The molecule has 0 atom stereocenters. The highest BCUT2D eigenvalue weighted by atomic mass is 16.5. The molecule has 0 spiro atoms. The van der Waals surface area contributed by atoms with Crippen LogP contribution in [0.15, 0.2) is 36.4 Å². The number of aryl methyl sites for hydroxylation is 2. The van der Waals surface area contributed by atoms with Crippen molar-refractivity contribution in [1.29, 1.82) is 0 Å². The third kappa shape index (κ3) is 4.84. The largest absolute Gasteiger partial charge is 0.482 e. The van der Waals surface area contributed by atoms with Gasteiger partial charge in [0, 0.05) is 18.7 Å². The number of hydrogen-bond donors (Lipinski definition) is 1. The Bertz CT molecular complexity index is 949. The fourth-order valence-electron chi connectivity index (χ4n) is 3.51. The summed E-state index contributed by atoms with van der Waals surface area (Å²) in [4.78, 5) is 26.6. The van der Waals surface area contributed by atoms with Gasteiger partial charge in [-0.15, -0.1) is 0 Å². The molecular formula is C25H32N2O3. The summed E-state index contributed by atoms with van der Waals surface area (Å²) in [6, 6.07) is 12.0. The molecule has 3 rings (SSSR count). The predicted octanol–water partition coefficient (Wildman–Crippen LogP) is 5.14. The minimum Gasteiger partial charge on any atom is -0.482 e. The van der Waals surface area contributed by atoms with E-state index < -0.39 is 0 Å². The van der Waals surface area contributed by atoms with E-state index in [1.807, 2.05) is 38.1 Å². The Morgan fingerprint density at radius 2 is 1.90 bits per heavy atom. The maximum absolute atomic E-state index is 12.5. The Hall–Kier alpha value is -2.82. The van der Waals surface area contributed by atoms with Crippen LogP contribution in [0.3, 0.4) is 0 Å². The standard InChI is InChI=1S/C25H32N2O3/c1-6-25(4,5)19-10-12-22-21(15-19)27(24(29)16-30-22)13-7-8-23(28)26-20-11-9-17(2)18(3)14-20/h9-12,14-15H,6-8,13,16H2,1-5H3,(H,26,28). The van der Waals surface area contributed by atoms with Crippen molar-refractivity contribution in [3.05, 3.63) is 53.1 Å². The van der Waals surface area contributed by atoms with Gasteiger partial charge in [-0.3, -0.25) is 9.59 Å². The van der Waals surface area contributed by atoms with Crippen molar-refractivity contribution >= 4 is 23.2 Å². The van der Waals surface area contributed by atoms with Crippen molar-refractivity contribution in [3.63, 3.8) is 0 Å². The molecule has 2 aromatic rings. The number of amides is 2. The molecule has 0 aromatic heterocycles. The molecule has 5 nitrogen and oxygen atoms in total. The lowest BCUT2D eigenvalue weighted by molar-refractivity contribution is -0.121. The van der Waals surface area contributed by atoms with E-state index in [4.69, 9.17) is 4.74 Å². The first-order valence-electron chi connectivity index (χ1n) is 10.7. The molecule has 1 heterocycles. The van der Waals surface area contributed by atoms with Gasteiger partial charge in [0.2, 0.25) is 5.91 Å². The van der Waals surface area contributed by atoms with Crippen LogP contribution in [0, 0.1) is 13.8 Å². The van der Waals surface area contributed by atoms with Gasteiger partial charge in [-0.2, -0.15) is 0 Å². The van der Waals surface area contributed by atoms with Crippen LogP contribution in [-0.4, -0.2) is 25.0 Å².